The average Bonchev–Trinajstić information content (AvgIpc) is 2.46. The van der Waals surface area contributed by atoms with Crippen molar-refractivity contribution in [3.63, 3.8) is 0 Å². The number of halogens is 4. The van der Waals surface area contributed by atoms with Gasteiger partial charge in [-0.3, -0.25) is 0 Å². The van der Waals surface area contributed by atoms with E-state index in [0.29, 0.717) is 16.5 Å². The number of rotatable bonds is 1. The van der Waals surface area contributed by atoms with Gasteiger partial charge in [0.2, 0.25) is 0 Å². The van der Waals surface area contributed by atoms with Gasteiger partial charge in [-0.05, 0) is 37.8 Å². The molecule has 1 aromatic heterocycles. The number of benzene rings is 1. The molecule has 0 unspecified atom stereocenters. The molecule has 0 amide bonds. The second kappa shape index (κ2) is 5.30. The Morgan fingerprint density at radius 2 is 1.62 bits per heavy atom. The van der Waals surface area contributed by atoms with E-state index in [1.165, 1.54) is 12.1 Å². The van der Waals surface area contributed by atoms with E-state index < -0.39 is 11.7 Å². The van der Waals surface area contributed by atoms with Crippen LogP contribution in [0.25, 0.3) is 11.4 Å². The molecule has 1 heterocycles. The maximum atomic E-state index is 12.6. The Hall–Kier alpha value is -1.62. The lowest BCUT2D eigenvalue weighted by molar-refractivity contribution is -0.137. The van der Waals surface area contributed by atoms with Crippen molar-refractivity contribution in [2.45, 2.75) is 31.9 Å². The van der Waals surface area contributed by atoms with Crippen LogP contribution in [0.3, 0.4) is 0 Å². The first-order valence-electron chi connectivity index (χ1n) is 6.68. The highest BCUT2D eigenvalue weighted by Gasteiger charge is 2.30. The molecular formula is C15H12ClF3N2. The molecule has 0 bridgehead atoms. The van der Waals surface area contributed by atoms with Crippen LogP contribution < -0.4 is 0 Å². The summed E-state index contributed by atoms with van der Waals surface area (Å²) in [6.07, 6.45) is -0.526. The van der Waals surface area contributed by atoms with E-state index in [1.807, 2.05) is 0 Å². The van der Waals surface area contributed by atoms with Gasteiger partial charge in [-0.25, -0.2) is 9.97 Å². The third-order valence-corrected chi connectivity index (χ3v) is 3.92. The normalized spacial score (nSPS) is 14.9. The molecule has 0 spiro atoms. The zero-order valence-corrected chi connectivity index (χ0v) is 11.8. The Kier molecular flexibility index (Phi) is 3.61. The molecule has 1 aromatic carbocycles. The van der Waals surface area contributed by atoms with E-state index in [4.69, 9.17) is 11.6 Å². The highest BCUT2D eigenvalue weighted by atomic mass is 35.5. The zero-order chi connectivity index (χ0) is 15.0. The Balaban J connectivity index is 1.99. The van der Waals surface area contributed by atoms with Crippen molar-refractivity contribution in [3.8, 4) is 11.4 Å². The van der Waals surface area contributed by atoms with Gasteiger partial charge in [-0.2, -0.15) is 13.2 Å². The standard InChI is InChI=1S/C15H12ClF3N2/c16-13-11-3-1-2-4-12(11)20-14(21-13)9-5-7-10(8-6-9)15(17,18)19/h5-8H,1-4H2. The molecule has 0 aliphatic heterocycles. The largest absolute Gasteiger partial charge is 0.416 e. The Morgan fingerprint density at radius 3 is 2.29 bits per heavy atom. The molecule has 6 heteroatoms. The van der Waals surface area contributed by atoms with Crippen molar-refractivity contribution in [2.24, 2.45) is 0 Å². The SMILES string of the molecule is FC(F)(F)c1ccc(-c2nc(Cl)c3c(n2)CCCC3)cc1. The van der Waals surface area contributed by atoms with Gasteiger partial charge in [0.15, 0.2) is 5.82 Å². The molecule has 0 atom stereocenters. The fourth-order valence-electron chi connectivity index (χ4n) is 2.49. The van der Waals surface area contributed by atoms with Crippen LogP contribution in [0.4, 0.5) is 13.2 Å². The van der Waals surface area contributed by atoms with Crippen molar-refractivity contribution in [1.29, 1.82) is 0 Å². The number of nitrogens with zero attached hydrogens (tertiary/aromatic N) is 2. The van der Waals surface area contributed by atoms with Crippen LogP contribution in [-0.4, -0.2) is 9.97 Å². The van der Waals surface area contributed by atoms with Crippen molar-refractivity contribution in [1.82, 2.24) is 9.97 Å². The van der Waals surface area contributed by atoms with Crippen LogP contribution >= 0.6 is 11.6 Å². The quantitative estimate of drug-likeness (QED) is 0.714. The van der Waals surface area contributed by atoms with Crippen LogP contribution in [0.2, 0.25) is 5.15 Å². The van der Waals surface area contributed by atoms with E-state index in [2.05, 4.69) is 9.97 Å². The van der Waals surface area contributed by atoms with Gasteiger partial charge in [0, 0.05) is 16.8 Å². The van der Waals surface area contributed by atoms with Crippen LogP contribution in [0.1, 0.15) is 29.7 Å². The van der Waals surface area contributed by atoms with E-state index in [9.17, 15) is 13.2 Å². The summed E-state index contributed by atoms with van der Waals surface area (Å²) >= 11 is 6.17. The molecular weight excluding hydrogens is 301 g/mol. The first-order valence-corrected chi connectivity index (χ1v) is 7.06. The van der Waals surface area contributed by atoms with Gasteiger partial charge in [0.1, 0.15) is 5.15 Å². The maximum absolute atomic E-state index is 12.6. The van der Waals surface area contributed by atoms with Crippen molar-refractivity contribution in [2.75, 3.05) is 0 Å². The lowest BCUT2D eigenvalue weighted by atomic mass is 9.97. The third-order valence-electron chi connectivity index (χ3n) is 3.60. The summed E-state index contributed by atoms with van der Waals surface area (Å²) in [4.78, 5) is 8.68. The summed E-state index contributed by atoms with van der Waals surface area (Å²) < 4.78 is 37.7. The second-order valence-electron chi connectivity index (χ2n) is 5.05. The van der Waals surface area contributed by atoms with E-state index >= 15 is 0 Å². The maximum Gasteiger partial charge on any atom is 0.416 e. The van der Waals surface area contributed by atoms with Crippen LogP contribution in [0.5, 0.6) is 0 Å². The fraction of sp³-hybridized carbons (Fsp3) is 0.333. The first-order chi connectivity index (χ1) is 9.95. The smallest absolute Gasteiger partial charge is 0.233 e. The number of alkyl halides is 3. The Morgan fingerprint density at radius 1 is 0.952 bits per heavy atom. The minimum atomic E-state index is -4.34. The Bertz CT molecular complexity index is 666. The molecule has 2 aromatic rings. The molecule has 0 radical (unpaired) electrons. The number of aromatic nitrogens is 2. The number of fused-ring (bicyclic) bond motifs is 1. The predicted molar refractivity (Wildman–Crippen MR) is 74.1 cm³/mol. The van der Waals surface area contributed by atoms with Gasteiger partial charge in [0.05, 0.1) is 5.56 Å². The van der Waals surface area contributed by atoms with E-state index in [0.717, 1.165) is 49.1 Å². The summed E-state index contributed by atoms with van der Waals surface area (Å²) in [5.41, 5.74) is 1.74. The number of hydrogen-bond acceptors (Lipinski definition) is 2. The van der Waals surface area contributed by atoms with Gasteiger partial charge >= 0.3 is 6.18 Å². The molecule has 3 rings (SSSR count). The van der Waals surface area contributed by atoms with Crippen LogP contribution in [0.15, 0.2) is 24.3 Å². The molecule has 0 saturated carbocycles. The minimum absolute atomic E-state index is 0.384. The predicted octanol–water partition coefficient (Wildman–Crippen LogP) is 4.69. The topological polar surface area (TPSA) is 25.8 Å². The lowest BCUT2D eigenvalue weighted by Crippen LogP contribution is -2.09. The summed E-state index contributed by atoms with van der Waals surface area (Å²) in [7, 11) is 0. The van der Waals surface area contributed by atoms with Gasteiger partial charge in [0.25, 0.3) is 0 Å². The molecule has 0 fully saturated rings. The van der Waals surface area contributed by atoms with E-state index in [-0.39, 0.29) is 0 Å². The molecule has 2 nitrogen and oxygen atoms in total. The van der Waals surface area contributed by atoms with Crippen LogP contribution in [-0.2, 0) is 19.0 Å². The fourth-order valence-corrected chi connectivity index (χ4v) is 2.77. The molecule has 0 saturated heterocycles. The van der Waals surface area contributed by atoms with Crippen LogP contribution in [0, 0.1) is 0 Å². The monoisotopic (exact) mass is 312 g/mol. The number of aryl methyl sites for hydroxylation is 1. The summed E-state index contributed by atoms with van der Waals surface area (Å²) in [5.74, 6) is 0.384. The lowest BCUT2D eigenvalue weighted by Gasteiger charge is -2.16. The number of hydrogen-bond donors (Lipinski definition) is 0. The van der Waals surface area contributed by atoms with Gasteiger partial charge < -0.3 is 0 Å². The van der Waals surface area contributed by atoms with E-state index in [1.54, 1.807) is 0 Å². The summed E-state index contributed by atoms with van der Waals surface area (Å²) in [6.45, 7) is 0. The summed E-state index contributed by atoms with van der Waals surface area (Å²) in [6, 6.07) is 4.82. The Labute approximate surface area is 125 Å². The van der Waals surface area contributed by atoms with Gasteiger partial charge in [-0.1, -0.05) is 23.7 Å². The molecule has 21 heavy (non-hydrogen) atoms. The molecule has 1 aliphatic rings. The second-order valence-corrected chi connectivity index (χ2v) is 5.40. The van der Waals surface area contributed by atoms with Gasteiger partial charge in [-0.15, -0.1) is 0 Å². The van der Waals surface area contributed by atoms with Crippen molar-refractivity contribution >= 4 is 11.6 Å². The highest BCUT2D eigenvalue weighted by molar-refractivity contribution is 6.30. The third kappa shape index (κ3) is 2.88. The molecule has 1 aliphatic carbocycles. The summed E-state index contributed by atoms with van der Waals surface area (Å²) in [5, 5.41) is 0.412. The highest BCUT2D eigenvalue weighted by Crippen LogP contribution is 2.32. The first kappa shape index (κ1) is 14.3. The molecule has 110 valence electrons. The average molecular weight is 313 g/mol. The molecule has 0 N–H and O–H groups in total. The van der Waals surface area contributed by atoms with Crippen molar-refractivity contribution in [3.05, 3.63) is 46.2 Å². The van der Waals surface area contributed by atoms with Crippen molar-refractivity contribution < 1.29 is 13.2 Å². The zero-order valence-electron chi connectivity index (χ0n) is 11.0. The minimum Gasteiger partial charge on any atom is -0.233 e.